The molecule has 2 saturated heterocycles. The minimum absolute atomic E-state index is 0.0314. The summed E-state index contributed by atoms with van der Waals surface area (Å²) in [6, 6.07) is 7.73. The van der Waals surface area contributed by atoms with Gasteiger partial charge in [0.1, 0.15) is 0 Å². The number of aromatic amines is 1. The summed E-state index contributed by atoms with van der Waals surface area (Å²) in [4.78, 5) is 18.2. The predicted molar refractivity (Wildman–Crippen MR) is 96.2 cm³/mol. The monoisotopic (exact) mass is 358 g/mol. The summed E-state index contributed by atoms with van der Waals surface area (Å²) in [7, 11) is -2.98. The molecule has 5 nitrogen and oxygen atoms in total. The highest BCUT2D eigenvalue weighted by molar-refractivity contribution is 7.91. The average Bonchev–Trinajstić information content (AvgIpc) is 3.19. The van der Waals surface area contributed by atoms with Gasteiger partial charge < -0.3 is 9.88 Å². The molecule has 1 aromatic carbocycles. The Balaban J connectivity index is 1.49. The van der Waals surface area contributed by atoms with Gasteiger partial charge in [0, 0.05) is 41.2 Å². The Morgan fingerprint density at radius 1 is 1.04 bits per heavy atom. The molecule has 25 heavy (non-hydrogen) atoms. The first-order valence-electron chi connectivity index (χ1n) is 8.99. The van der Waals surface area contributed by atoms with Crippen LogP contribution in [0.2, 0.25) is 0 Å². The van der Waals surface area contributed by atoms with Crippen molar-refractivity contribution in [2.45, 2.75) is 25.7 Å². The number of aromatic nitrogens is 1. The molecule has 1 aromatic heterocycles. The lowest BCUT2D eigenvalue weighted by Crippen LogP contribution is -2.42. The van der Waals surface area contributed by atoms with Crippen LogP contribution in [0.1, 0.15) is 36.0 Å². The number of carbonyl (C=O) groups excluding carboxylic acids is 1. The van der Waals surface area contributed by atoms with E-state index in [1.54, 1.807) is 0 Å². The minimum atomic E-state index is -2.98. The van der Waals surface area contributed by atoms with Crippen LogP contribution < -0.4 is 0 Å². The topological polar surface area (TPSA) is 70.2 Å². The van der Waals surface area contributed by atoms with Gasteiger partial charge in [-0.1, -0.05) is 18.9 Å². The number of hydrogen-bond donors (Lipinski definition) is 1. The van der Waals surface area contributed by atoms with Gasteiger partial charge in [0.2, 0.25) is 0 Å². The van der Waals surface area contributed by atoms with Crippen molar-refractivity contribution in [2.75, 3.05) is 24.6 Å². The van der Waals surface area contributed by atoms with E-state index in [2.05, 4.69) is 4.98 Å². The predicted octanol–water partition coefficient (Wildman–Crippen LogP) is 2.60. The lowest BCUT2D eigenvalue weighted by Gasteiger charge is -2.41. The average molecular weight is 358 g/mol. The first-order chi connectivity index (χ1) is 11.9. The van der Waals surface area contributed by atoms with Crippen LogP contribution in [0.25, 0.3) is 10.9 Å². The number of sulfone groups is 1. The normalized spacial score (nSPS) is 33.4. The molecule has 3 heterocycles. The molecule has 1 aliphatic carbocycles. The van der Waals surface area contributed by atoms with Crippen molar-refractivity contribution in [3.63, 3.8) is 0 Å². The second-order valence-electron chi connectivity index (χ2n) is 8.24. The molecule has 3 aliphatic rings. The van der Waals surface area contributed by atoms with Crippen LogP contribution in [0, 0.1) is 10.8 Å². The highest BCUT2D eigenvalue weighted by Gasteiger charge is 2.66. The van der Waals surface area contributed by atoms with Crippen molar-refractivity contribution in [3.05, 3.63) is 36.0 Å². The first kappa shape index (κ1) is 15.4. The van der Waals surface area contributed by atoms with Crippen LogP contribution in [0.5, 0.6) is 0 Å². The van der Waals surface area contributed by atoms with Gasteiger partial charge in [-0.25, -0.2) is 8.42 Å². The summed E-state index contributed by atoms with van der Waals surface area (Å²) >= 11 is 0. The highest BCUT2D eigenvalue weighted by atomic mass is 32.2. The molecule has 132 valence electrons. The van der Waals surface area contributed by atoms with E-state index in [-0.39, 0.29) is 28.2 Å². The maximum Gasteiger partial charge on any atom is 0.253 e. The molecule has 0 spiro atoms. The second-order valence-corrected chi connectivity index (χ2v) is 10.3. The third kappa shape index (κ3) is 2.13. The van der Waals surface area contributed by atoms with Gasteiger partial charge in [-0.15, -0.1) is 0 Å². The molecular formula is C19H22N2O3S. The molecule has 6 heteroatoms. The van der Waals surface area contributed by atoms with E-state index in [1.165, 1.54) is 0 Å². The molecule has 0 radical (unpaired) electrons. The maximum atomic E-state index is 13.1. The first-order valence-corrected chi connectivity index (χ1v) is 10.8. The molecule has 2 aromatic rings. The number of likely N-dealkylation sites (tertiary alicyclic amines) is 1. The molecule has 2 atom stereocenters. The molecule has 3 fully saturated rings. The Morgan fingerprint density at radius 3 is 2.40 bits per heavy atom. The van der Waals surface area contributed by atoms with Crippen LogP contribution in [-0.4, -0.2) is 48.8 Å². The third-order valence-corrected chi connectivity index (χ3v) is 8.74. The summed E-state index contributed by atoms with van der Waals surface area (Å²) in [6.07, 6.45) is 5.90. The smallest absolute Gasteiger partial charge is 0.253 e. The van der Waals surface area contributed by atoms with Gasteiger partial charge in [-0.3, -0.25) is 4.79 Å². The molecule has 1 N–H and O–H groups in total. The third-order valence-electron chi connectivity index (χ3n) is 6.75. The quantitative estimate of drug-likeness (QED) is 0.852. The zero-order valence-corrected chi connectivity index (χ0v) is 14.9. The Morgan fingerprint density at radius 2 is 1.72 bits per heavy atom. The number of fused-ring (bicyclic) bond motifs is 1. The Kier molecular flexibility index (Phi) is 3.01. The van der Waals surface area contributed by atoms with Crippen molar-refractivity contribution in [3.8, 4) is 0 Å². The molecule has 2 aliphatic heterocycles. The fraction of sp³-hybridized carbons (Fsp3) is 0.526. The molecule has 2 unspecified atom stereocenters. The van der Waals surface area contributed by atoms with E-state index in [1.807, 2.05) is 35.4 Å². The minimum Gasteiger partial charge on any atom is -0.361 e. The fourth-order valence-electron chi connectivity index (χ4n) is 5.68. The van der Waals surface area contributed by atoms with Gasteiger partial charge in [0.15, 0.2) is 9.84 Å². The zero-order chi connectivity index (χ0) is 17.3. The summed E-state index contributed by atoms with van der Waals surface area (Å²) in [5, 5.41) is 1.09. The van der Waals surface area contributed by atoms with Crippen LogP contribution in [0.15, 0.2) is 30.5 Å². The van der Waals surface area contributed by atoms with E-state index in [0.29, 0.717) is 18.7 Å². The molecule has 1 saturated carbocycles. The molecule has 1 amide bonds. The van der Waals surface area contributed by atoms with Gasteiger partial charge in [-0.2, -0.15) is 0 Å². The van der Waals surface area contributed by atoms with E-state index >= 15 is 0 Å². The Bertz CT molecular complexity index is 949. The Hall–Kier alpha value is -1.82. The number of carbonyl (C=O) groups is 1. The van der Waals surface area contributed by atoms with E-state index in [0.717, 1.165) is 36.6 Å². The number of H-pyrrole nitrogens is 1. The number of hydrogen-bond acceptors (Lipinski definition) is 3. The second kappa shape index (κ2) is 4.87. The lowest BCUT2D eigenvalue weighted by molar-refractivity contribution is 0.0773. The van der Waals surface area contributed by atoms with Crippen LogP contribution in [-0.2, 0) is 9.84 Å². The Labute approximate surface area is 147 Å². The van der Waals surface area contributed by atoms with Gasteiger partial charge in [0.25, 0.3) is 5.91 Å². The maximum absolute atomic E-state index is 13.1. The van der Waals surface area contributed by atoms with Crippen molar-refractivity contribution < 1.29 is 13.2 Å². The van der Waals surface area contributed by atoms with E-state index in [4.69, 9.17) is 0 Å². The highest BCUT2D eigenvalue weighted by Crippen LogP contribution is 2.60. The van der Waals surface area contributed by atoms with Gasteiger partial charge in [0.05, 0.1) is 11.5 Å². The number of amides is 1. The fourth-order valence-corrected chi connectivity index (χ4v) is 8.55. The zero-order valence-electron chi connectivity index (χ0n) is 14.1. The van der Waals surface area contributed by atoms with Gasteiger partial charge >= 0.3 is 0 Å². The summed E-state index contributed by atoms with van der Waals surface area (Å²) in [6.45, 7) is 1.18. The van der Waals surface area contributed by atoms with Crippen molar-refractivity contribution in [1.82, 2.24) is 9.88 Å². The summed E-state index contributed by atoms with van der Waals surface area (Å²) in [5.74, 6) is 0.558. The summed E-state index contributed by atoms with van der Waals surface area (Å²) < 4.78 is 24.7. The standard InChI is InChI=1S/C19H22N2O3S/c22-17(15-4-3-14-5-8-20-16(14)9-15)21-10-18-6-1-2-7-19(18,11-21)13-25(23,24)12-18/h3-5,8-9,20H,1-2,6-7,10-13H2. The van der Waals surface area contributed by atoms with Crippen molar-refractivity contribution in [2.24, 2.45) is 10.8 Å². The van der Waals surface area contributed by atoms with Crippen LogP contribution >= 0.6 is 0 Å². The van der Waals surface area contributed by atoms with Gasteiger partial charge in [-0.05, 0) is 36.4 Å². The van der Waals surface area contributed by atoms with E-state index < -0.39 is 9.84 Å². The molecule has 5 rings (SSSR count). The van der Waals surface area contributed by atoms with Crippen molar-refractivity contribution in [1.29, 1.82) is 0 Å². The van der Waals surface area contributed by atoms with E-state index in [9.17, 15) is 13.2 Å². The molecular weight excluding hydrogens is 336 g/mol. The van der Waals surface area contributed by atoms with Crippen LogP contribution in [0.3, 0.4) is 0 Å². The summed E-state index contributed by atoms with van der Waals surface area (Å²) in [5.41, 5.74) is 1.22. The number of nitrogens with zero attached hydrogens (tertiary/aromatic N) is 1. The van der Waals surface area contributed by atoms with Crippen LogP contribution in [0.4, 0.5) is 0 Å². The number of nitrogens with one attached hydrogen (secondary N) is 1. The lowest BCUT2D eigenvalue weighted by atomic mass is 9.60. The van der Waals surface area contributed by atoms with Crippen molar-refractivity contribution >= 4 is 26.6 Å². The molecule has 0 bridgehead atoms. The SMILES string of the molecule is O=C(c1ccc2cc[nH]c2c1)N1CC23CCCCC2(C1)CS(=O)(=O)C3. The largest absolute Gasteiger partial charge is 0.361 e. The number of rotatable bonds is 1. The number of benzene rings is 1.